The van der Waals surface area contributed by atoms with Crippen LogP contribution in [0.5, 0.6) is 0 Å². The third-order valence-electron chi connectivity index (χ3n) is 4.79. The fraction of sp³-hybridized carbons (Fsp3) is 0.476. The average molecular weight is 323 g/mol. The third-order valence-corrected chi connectivity index (χ3v) is 4.79. The number of terminal acetylenes is 1. The summed E-state index contributed by atoms with van der Waals surface area (Å²) in [6.45, 7) is 16.6. The zero-order valence-corrected chi connectivity index (χ0v) is 15.4. The van der Waals surface area contributed by atoms with Crippen LogP contribution in [0.3, 0.4) is 0 Å². The minimum Gasteiger partial charge on any atom is -0.381 e. The lowest BCUT2D eigenvalue weighted by Gasteiger charge is -2.29. The second kappa shape index (κ2) is 7.13. The van der Waals surface area contributed by atoms with Crippen molar-refractivity contribution in [1.82, 2.24) is 10.6 Å². The zero-order valence-electron chi connectivity index (χ0n) is 15.4. The molecule has 3 nitrogen and oxygen atoms in total. The van der Waals surface area contributed by atoms with Crippen LogP contribution in [-0.4, -0.2) is 12.3 Å². The van der Waals surface area contributed by atoms with Gasteiger partial charge in [0.15, 0.2) is 0 Å². The third kappa shape index (κ3) is 4.00. The fourth-order valence-corrected chi connectivity index (χ4v) is 2.52. The van der Waals surface area contributed by atoms with Gasteiger partial charge in [0.25, 0.3) is 0 Å². The molecule has 1 heterocycles. The average Bonchev–Trinajstić information content (AvgIpc) is 3.32. The van der Waals surface area contributed by atoms with Crippen LogP contribution in [0.25, 0.3) is 0 Å². The van der Waals surface area contributed by atoms with Gasteiger partial charge in [-0.2, -0.15) is 0 Å². The van der Waals surface area contributed by atoms with Crippen LogP contribution in [0.15, 0.2) is 52.6 Å². The molecule has 0 aromatic carbocycles. The van der Waals surface area contributed by atoms with E-state index in [0.717, 1.165) is 29.1 Å². The van der Waals surface area contributed by atoms with Gasteiger partial charge in [0.1, 0.15) is 0 Å². The van der Waals surface area contributed by atoms with Crippen LogP contribution in [0, 0.1) is 23.7 Å². The minimum atomic E-state index is -0.259. The summed E-state index contributed by atoms with van der Waals surface area (Å²) in [5.41, 5.74) is 4.50. The molecule has 3 heteroatoms. The Balaban J connectivity index is 2.18. The first kappa shape index (κ1) is 18.1. The second-order valence-corrected chi connectivity index (χ2v) is 7.17. The largest absolute Gasteiger partial charge is 0.381 e. The normalized spacial score (nSPS) is 19.3. The van der Waals surface area contributed by atoms with E-state index in [1.54, 1.807) is 0 Å². The smallest absolute Gasteiger partial charge is 0.0800 e. The van der Waals surface area contributed by atoms with Gasteiger partial charge < -0.3 is 10.6 Å². The molecular weight excluding hydrogens is 294 g/mol. The summed E-state index contributed by atoms with van der Waals surface area (Å²) in [7, 11) is 0. The van der Waals surface area contributed by atoms with E-state index in [1.807, 2.05) is 20.1 Å². The molecule has 1 aliphatic carbocycles. The zero-order chi connectivity index (χ0) is 17.9. The molecule has 1 atom stereocenters. The second-order valence-electron chi connectivity index (χ2n) is 7.17. The van der Waals surface area contributed by atoms with Gasteiger partial charge in [-0.1, -0.05) is 32.1 Å². The summed E-state index contributed by atoms with van der Waals surface area (Å²) < 4.78 is 0. The van der Waals surface area contributed by atoms with Crippen molar-refractivity contribution >= 4 is 6.21 Å². The number of hydrogen-bond donors (Lipinski definition) is 2. The van der Waals surface area contributed by atoms with E-state index in [0.29, 0.717) is 5.92 Å². The van der Waals surface area contributed by atoms with Crippen LogP contribution < -0.4 is 10.6 Å². The van der Waals surface area contributed by atoms with Crippen LogP contribution in [0.1, 0.15) is 47.0 Å². The minimum absolute atomic E-state index is 0.0973. The van der Waals surface area contributed by atoms with Gasteiger partial charge in [-0.15, -0.1) is 6.42 Å². The van der Waals surface area contributed by atoms with Crippen molar-refractivity contribution in [2.24, 2.45) is 16.3 Å². The summed E-state index contributed by atoms with van der Waals surface area (Å²) >= 11 is 0. The molecule has 1 aliphatic heterocycles. The number of allylic oxidation sites excluding steroid dienone is 3. The van der Waals surface area contributed by atoms with E-state index < -0.39 is 0 Å². The van der Waals surface area contributed by atoms with E-state index in [1.165, 1.54) is 18.5 Å². The number of hydrogen-bond acceptors (Lipinski definition) is 3. The highest BCUT2D eigenvalue weighted by Gasteiger charge is 2.29. The van der Waals surface area contributed by atoms with Gasteiger partial charge in [0.05, 0.1) is 11.4 Å². The highest BCUT2D eigenvalue weighted by atomic mass is 15.0. The maximum Gasteiger partial charge on any atom is 0.0800 e. The van der Waals surface area contributed by atoms with Gasteiger partial charge in [-0.25, -0.2) is 0 Å². The van der Waals surface area contributed by atoms with Crippen molar-refractivity contribution in [3.63, 3.8) is 0 Å². The van der Waals surface area contributed by atoms with Crippen molar-refractivity contribution in [2.45, 2.75) is 53.0 Å². The molecule has 0 spiro atoms. The van der Waals surface area contributed by atoms with Crippen molar-refractivity contribution in [1.29, 1.82) is 0 Å². The Kier molecular flexibility index (Phi) is 5.39. The van der Waals surface area contributed by atoms with E-state index in [-0.39, 0.29) is 11.5 Å². The molecule has 1 saturated carbocycles. The molecule has 0 amide bonds. The summed E-state index contributed by atoms with van der Waals surface area (Å²) in [6.07, 6.45) is 13.2. The maximum absolute atomic E-state index is 5.63. The van der Waals surface area contributed by atoms with Crippen LogP contribution in [0.4, 0.5) is 0 Å². The summed E-state index contributed by atoms with van der Waals surface area (Å²) in [6, 6.07) is 0.0973. The summed E-state index contributed by atoms with van der Waals surface area (Å²) in [4.78, 5) is 4.38. The highest BCUT2D eigenvalue weighted by molar-refractivity contribution is 5.90. The van der Waals surface area contributed by atoms with Crippen LogP contribution >= 0.6 is 0 Å². The molecule has 0 radical (unpaired) electrons. The topological polar surface area (TPSA) is 36.4 Å². The lowest BCUT2D eigenvalue weighted by atomic mass is 9.86. The summed E-state index contributed by atoms with van der Waals surface area (Å²) in [5.74, 6) is 3.48. The first-order valence-corrected chi connectivity index (χ1v) is 8.68. The van der Waals surface area contributed by atoms with Crippen molar-refractivity contribution in [3.05, 3.63) is 47.6 Å². The van der Waals surface area contributed by atoms with E-state index >= 15 is 0 Å². The Labute approximate surface area is 146 Å². The van der Waals surface area contributed by atoms with Gasteiger partial charge in [-0.3, -0.25) is 4.99 Å². The lowest BCUT2D eigenvalue weighted by molar-refractivity contribution is 0.368. The van der Waals surface area contributed by atoms with E-state index in [2.05, 4.69) is 54.6 Å². The van der Waals surface area contributed by atoms with Crippen LogP contribution in [0.2, 0.25) is 0 Å². The predicted molar refractivity (Wildman–Crippen MR) is 103 cm³/mol. The number of aliphatic imine (C=N–C) groups is 1. The Morgan fingerprint density at radius 1 is 1.54 bits per heavy atom. The van der Waals surface area contributed by atoms with Gasteiger partial charge in [-0.05, 0) is 46.0 Å². The first-order valence-electron chi connectivity index (χ1n) is 8.68. The molecule has 0 aromatic heterocycles. The van der Waals surface area contributed by atoms with E-state index in [4.69, 9.17) is 6.42 Å². The molecule has 1 unspecified atom stereocenters. The lowest BCUT2D eigenvalue weighted by Crippen LogP contribution is -2.38. The Morgan fingerprint density at radius 2 is 2.21 bits per heavy atom. The van der Waals surface area contributed by atoms with E-state index in [9.17, 15) is 0 Å². The van der Waals surface area contributed by atoms with Gasteiger partial charge in [0.2, 0.25) is 0 Å². The Hall–Kier alpha value is -2.21. The molecule has 2 aliphatic rings. The standard InChI is InChI=1S/C21H29N3/c1-8-10-19(17-11-12-17)24-20-15(4)22-13-18(20)14(3)23-16(5)21(6,7)9-2/h2,10,13,16-17,23-24H,3-4,8,11-12H2,1,5-7H3/b19-10-. The summed E-state index contributed by atoms with van der Waals surface area (Å²) in [5, 5.41) is 6.99. The van der Waals surface area contributed by atoms with Crippen molar-refractivity contribution < 1.29 is 0 Å². The van der Waals surface area contributed by atoms with Crippen LogP contribution in [-0.2, 0) is 0 Å². The molecule has 24 heavy (non-hydrogen) atoms. The molecule has 128 valence electrons. The fourth-order valence-electron chi connectivity index (χ4n) is 2.52. The Morgan fingerprint density at radius 3 is 2.75 bits per heavy atom. The quantitative estimate of drug-likeness (QED) is 0.654. The molecular formula is C21H29N3. The number of nitrogens with one attached hydrogen (secondary N) is 2. The predicted octanol–water partition coefficient (Wildman–Crippen LogP) is 4.28. The molecule has 0 aromatic rings. The molecule has 1 fully saturated rings. The monoisotopic (exact) mass is 323 g/mol. The molecule has 0 saturated heterocycles. The maximum atomic E-state index is 5.63. The van der Waals surface area contributed by atoms with Crippen molar-refractivity contribution in [2.75, 3.05) is 0 Å². The Bertz CT molecular complexity index is 664. The number of rotatable bonds is 8. The molecule has 2 rings (SSSR count). The molecule has 2 N–H and O–H groups in total. The van der Waals surface area contributed by atoms with Crippen molar-refractivity contribution in [3.8, 4) is 12.3 Å². The van der Waals surface area contributed by atoms with Gasteiger partial charge in [0, 0.05) is 34.6 Å². The number of nitrogens with zero attached hydrogens (tertiary/aromatic N) is 1. The molecule has 0 bridgehead atoms. The first-order chi connectivity index (χ1) is 11.3. The SMILES string of the molecule is C#CC(C)(C)C(C)NC(=C)C1=C(N/C(=C\CC)C2CC2)C(=C)N=C1. The highest BCUT2D eigenvalue weighted by Crippen LogP contribution is 2.37. The van der Waals surface area contributed by atoms with Gasteiger partial charge >= 0.3 is 0 Å².